The van der Waals surface area contributed by atoms with Crippen LogP contribution in [0.4, 0.5) is 0 Å². The number of rotatable bonds is 5. The Morgan fingerprint density at radius 1 is 1.75 bits per heavy atom. The summed E-state index contributed by atoms with van der Waals surface area (Å²) in [6, 6.07) is 0.248. The van der Waals surface area contributed by atoms with Crippen LogP contribution in [0.15, 0.2) is 12.4 Å². The van der Waals surface area contributed by atoms with Crippen LogP contribution >= 0.6 is 11.8 Å². The summed E-state index contributed by atoms with van der Waals surface area (Å²) in [5.74, 6) is 6.92. The fourth-order valence-corrected chi connectivity index (χ4v) is 3.57. The van der Waals surface area contributed by atoms with Gasteiger partial charge in [0.15, 0.2) is 0 Å². The van der Waals surface area contributed by atoms with Gasteiger partial charge in [-0.3, -0.25) is 16.0 Å². The molecule has 4 nitrogen and oxygen atoms in total. The molecular formula is C11H20N4S. The molecule has 2 unspecified atom stereocenters. The number of nitrogens with zero attached hydrogens (tertiary/aromatic N) is 2. The highest BCUT2D eigenvalue weighted by molar-refractivity contribution is 8.00. The summed E-state index contributed by atoms with van der Waals surface area (Å²) in [5, 5.41) is 4.96. The van der Waals surface area contributed by atoms with Crippen molar-refractivity contribution in [1.29, 1.82) is 0 Å². The van der Waals surface area contributed by atoms with Crippen LogP contribution in [-0.2, 0) is 6.54 Å². The van der Waals surface area contributed by atoms with E-state index in [2.05, 4.69) is 23.6 Å². The Hall–Kier alpha value is -0.520. The number of aromatic nitrogens is 2. The zero-order valence-corrected chi connectivity index (χ0v) is 10.5. The second-order valence-corrected chi connectivity index (χ2v) is 5.58. The van der Waals surface area contributed by atoms with Crippen LogP contribution in [-0.4, -0.2) is 20.8 Å². The summed E-state index contributed by atoms with van der Waals surface area (Å²) < 4.78 is 2.00. The summed E-state index contributed by atoms with van der Waals surface area (Å²) in [5.41, 5.74) is 4.16. The van der Waals surface area contributed by atoms with E-state index in [1.54, 1.807) is 0 Å². The van der Waals surface area contributed by atoms with Crippen molar-refractivity contribution in [2.24, 2.45) is 5.84 Å². The van der Waals surface area contributed by atoms with Crippen LogP contribution in [0, 0.1) is 0 Å². The smallest absolute Gasteiger partial charge is 0.0609 e. The van der Waals surface area contributed by atoms with E-state index in [0.717, 1.165) is 13.0 Å². The SMILES string of the molecule is CCCn1cc(C(NN)C2CCCS2)cn1. The topological polar surface area (TPSA) is 55.9 Å². The van der Waals surface area contributed by atoms with E-state index in [1.165, 1.54) is 24.2 Å². The molecule has 2 rings (SSSR count). The van der Waals surface area contributed by atoms with E-state index in [9.17, 15) is 0 Å². The maximum Gasteiger partial charge on any atom is 0.0609 e. The molecule has 16 heavy (non-hydrogen) atoms. The predicted octanol–water partition coefficient (Wildman–Crippen LogP) is 1.69. The van der Waals surface area contributed by atoms with Gasteiger partial charge in [-0.25, -0.2) is 0 Å². The van der Waals surface area contributed by atoms with Crippen molar-refractivity contribution in [1.82, 2.24) is 15.2 Å². The Morgan fingerprint density at radius 2 is 2.62 bits per heavy atom. The zero-order chi connectivity index (χ0) is 11.4. The summed E-state index contributed by atoms with van der Waals surface area (Å²) in [6.45, 7) is 3.14. The Balaban J connectivity index is 2.06. The lowest BCUT2D eigenvalue weighted by Gasteiger charge is -2.20. The number of hydrazine groups is 1. The Morgan fingerprint density at radius 3 is 3.25 bits per heavy atom. The highest BCUT2D eigenvalue weighted by Gasteiger charge is 2.26. The fraction of sp³-hybridized carbons (Fsp3) is 0.727. The molecule has 0 aromatic carbocycles. The molecular weight excluding hydrogens is 220 g/mol. The van der Waals surface area contributed by atoms with E-state index >= 15 is 0 Å². The van der Waals surface area contributed by atoms with Gasteiger partial charge in [-0.2, -0.15) is 16.9 Å². The molecule has 2 atom stereocenters. The predicted molar refractivity (Wildman–Crippen MR) is 68.1 cm³/mol. The highest BCUT2D eigenvalue weighted by atomic mass is 32.2. The molecule has 1 saturated heterocycles. The molecule has 0 amide bonds. The largest absolute Gasteiger partial charge is 0.272 e. The third-order valence-corrected chi connectivity index (χ3v) is 4.44. The molecule has 0 saturated carbocycles. The minimum Gasteiger partial charge on any atom is -0.272 e. The van der Waals surface area contributed by atoms with Crippen LogP contribution in [0.2, 0.25) is 0 Å². The van der Waals surface area contributed by atoms with E-state index in [0.29, 0.717) is 5.25 Å². The monoisotopic (exact) mass is 240 g/mol. The highest BCUT2D eigenvalue weighted by Crippen LogP contribution is 2.35. The first-order valence-electron chi connectivity index (χ1n) is 5.95. The minimum absolute atomic E-state index is 0.248. The van der Waals surface area contributed by atoms with Gasteiger partial charge in [-0.05, 0) is 25.0 Å². The Labute approximate surface area is 101 Å². The molecule has 1 aromatic heterocycles. The van der Waals surface area contributed by atoms with Gasteiger partial charge in [-0.1, -0.05) is 6.92 Å². The fourth-order valence-electron chi connectivity index (χ4n) is 2.18. The molecule has 5 heteroatoms. The lowest BCUT2D eigenvalue weighted by molar-refractivity contribution is 0.518. The first-order chi connectivity index (χ1) is 7.85. The average Bonchev–Trinajstić information content (AvgIpc) is 2.92. The van der Waals surface area contributed by atoms with Crippen molar-refractivity contribution in [2.75, 3.05) is 5.75 Å². The van der Waals surface area contributed by atoms with Crippen LogP contribution < -0.4 is 11.3 Å². The molecule has 3 N–H and O–H groups in total. The second-order valence-electron chi connectivity index (χ2n) is 4.23. The lowest BCUT2D eigenvalue weighted by atomic mass is 10.1. The first-order valence-corrected chi connectivity index (χ1v) is 7.00. The van der Waals surface area contributed by atoms with Crippen LogP contribution in [0.25, 0.3) is 0 Å². The van der Waals surface area contributed by atoms with Crippen molar-refractivity contribution >= 4 is 11.8 Å². The van der Waals surface area contributed by atoms with Gasteiger partial charge < -0.3 is 0 Å². The van der Waals surface area contributed by atoms with E-state index in [4.69, 9.17) is 5.84 Å². The van der Waals surface area contributed by atoms with E-state index in [1.807, 2.05) is 22.6 Å². The van der Waals surface area contributed by atoms with Crippen LogP contribution in [0.5, 0.6) is 0 Å². The minimum atomic E-state index is 0.248. The third kappa shape index (κ3) is 2.59. The normalized spacial score (nSPS) is 22.5. The molecule has 0 bridgehead atoms. The average molecular weight is 240 g/mol. The number of hydrogen-bond donors (Lipinski definition) is 2. The summed E-state index contributed by atoms with van der Waals surface area (Å²) in [7, 11) is 0. The summed E-state index contributed by atoms with van der Waals surface area (Å²) in [6.07, 6.45) is 7.72. The van der Waals surface area contributed by atoms with Crippen LogP contribution in [0.1, 0.15) is 37.8 Å². The molecule has 2 heterocycles. The van der Waals surface area contributed by atoms with Crippen molar-refractivity contribution in [3.8, 4) is 0 Å². The lowest BCUT2D eigenvalue weighted by Crippen LogP contribution is -2.34. The first kappa shape index (κ1) is 12.0. The number of nitrogens with one attached hydrogen (secondary N) is 1. The standard InChI is InChI=1S/C11H20N4S/c1-2-5-15-8-9(7-13-15)11(14-12)10-4-3-6-16-10/h7-8,10-11,14H,2-6,12H2,1H3. The molecule has 1 aliphatic rings. The number of nitrogens with two attached hydrogens (primary N) is 1. The Bertz CT molecular complexity index is 320. The summed E-state index contributed by atoms with van der Waals surface area (Å²) >= 11 is 2.01. The molecule has 1 aliphatic heterocycles. The molecule has 1 fully saturated rings. The molecule has 0 aliphatic carbocycles. The molecule has 0 radical (unpaired) electrons. The maximum atomic E-state index is 5.67. The second kappa shape index (κ2) is 5.70. The van der Waals surface area contributed by atoms with Gasteiger partial charge >= 0.3 is 0 Å². The van der Waals surface area contributed by atoms with Gasteiger partial charge in [0.25, 0.3) is 0 Å². The molecule has 0 spiro atoms. The van der Waals surface area contributed by atoms with Gasteiger partial charge in [0.05, 0.1) is 12.2 Å². The Kier molecular flexibility index (Phi) is 4.26. The van der Waals surface area contributed by atoms with E-state index in [-0.39, 0.29) is 6.04 Å². The molecule has 90 valence electrons. The van der Waals surface area contributed by atoms with Crippen molar-refractivity contribution in [3.05, 3.63) is 18.0 Å². The van der Waals surface area contributed by atoms with Crippen molar-refractivity contribution < 1.29 is 0 Å². The molecule has 1 aromatic rings. The number of aryl methyl sites for hydroxylation is 1. The van der Waals surface area contributed by atoms with Gasteiger partial charge in [0, 0.05) is 23.6 Å². The van der Waals surface area contributed by atoms with Gasteiger partial charge in [0.1, 0.15) is 0 Å². The van der Waals surface area contributed by atoms with Crippen molar-refractivity contribution in [2.45, 2.75) is 44.0 Å². The number of hydrogen-bond acceptors (Lipinski definition) is 4. The summed E-state index contributed by atoms with van der Waals surface area (Å²) in [4.78, 5) is 0. The number of thioether (sulfide) groups is 1. The van der Waals surface area contributed by atoms with E-state index < -0.39 is 0 Å². The third-order valence-electron chi connectivity index (χ3n) is 2.98. The van der Waals surface area contributed by atoms with Crippen molar-refractivity contribution in [3.63, 3.8) is 0 Å². The van der Waals surface area contributed by atoms with Crippen LogP contribution in [0.3, 0.4) is 0 Å². The zero-order valence-electron chi connectivity index (χ0n) is 9.72. The van der Waals surface area contributed by atoms with Gasteiger partial charge in [-0.15, -0.1) is 0 Å². The maximum absolute atomic E-state index is 5.67. The van der Waals surface area contributed by atoms with Gasteiger partial charge in [0.2, 0.25) is 0 Å². The quantitative estimate of drug-likeness (QED) is 0.607.